The third kappa shape index (κ3) is 2.50. The Balaban J connectivity index is 2.03. The van der Waals surface area contributed by atoms with E-state index in [1.54, 1.807) is 16.7 Å². The summed E-state index contributed by atoms with van der Waals surface area (Å²) in [5.41, 5.74) is 1.70. The molecule has 4 nitrogen and oxygen atoms in total. The van der Waals surface area contributed by atoms with Crippen LogP contribution >= 0.6 is 11.6 Å². The van der Waals surface area contributed by atoms with E-state index in [2.05, 4.69) is 0 Å². The Morgan fingerprint density at radius 3 is 2.59 bits per heavy atom. The van der Waals surface area contributed by atoms with Crippen LogP contribution in [0.25, 0.3) is 0 Å². The molecule has 0 aromatic heterocycles. The number of amides is 3. The number of nitrogens with zero attached hydrogens (tertiary/aromatic N) is 2. The molecule has 0 bridgehead atoms. The van der Waals surface area contributed by atoms with Crippen LogP contribution in [0.2, 0.25) is 5.02 Å². The quantitative estimate of drug-likeness (QED) is 0.804. The average molecular weight is 316 g/mol. The number of rotatable bonds is 3. The molecule has 0 saturated heterocycles. The van der Waals surface area contributed by atoms with E-state index in [9.17, 15) is 9.59 Å². The molecule has 112 valence electrons. The lowest BCUT2D eigenvalue weighted by Gasteiger charge is -2.26. The number of allylic oxidation sites excluding steroid dienone is 3. The molecule has 3 amide bonds. The molecule has 1 heterocycles. The summed E-state index contributed by atoms with van der Waals surface area (Å²) in [4.78, 5) is 26.3. The fourth-order valence-corrected chi connectivity index (χ4v) is 2.87. The third-order valence-corrected chi connectivity index (χ3v) is 4.13. The lowest BCUT2D eigenvalue weighted by molar-refractivity contribution is -0.456. The first-order valence-corrected chi connectivity index (χ1v) is 7.58. The number of carbonyl (C=O) groups is 2. The van der Waals surface area contributed by atoms with Crippen LogP contribution in [-0.2, 0) is 11.3 Å². The first kappa shape index (κ1) is 14.7. The molecule has 1 aliphatic heterocycles. The number of halogens is 1. The maximum absolute atomic E-state index is 12.6. The molecule has 1 atom stereocenters. The first-order chi connectivity index (χ1) is 10.6. The summed E-state index contributed by atoms with van der Waals surface area (Å²) in [5, 5.41) is 0.658. The Morgan fingerprint density at radius 2 is 1.91 bits per heavy atom. The largest absolute Gasteiger partial charge is 0.501 e. The van der Waals surface area contributed by atoms with Gasteiger partial charge in [-0.15, -0.1) is 0 Å². The highest BCUT2D eigenvalue weighted by atomic mass is 35.5. The number of urea groups is 1. The monoisotopic (exact) mass is 315 g/mol. The van der Waals surface area contributed by atoms with E-state index >= 15 is 0 Å². The fourth-order valence-electron chi connectivity index (χ4n) is 2.74. The molecular weight excluding hydrogens is 300 g/mol. The van der Waals surface area contributed by atoms with Gasteiger partial charge in [-0.2, -0.15) is 14.3 Å². The van der Waals surface area contributed by atoms with Crippen molar-refractivity contribution in [1.29, 1.82) is 0 Å². The minimum atomic E-state index is -0.380. The molecule has 3 rings (SSSR count). The predicted molar refractivity (Wildman–Crippen MR) is 85.0 cm³/mol. The van der Waals surface area contributed by atoms with Gasteiger partial charge in [-0.05, 0) is 30.7 Å². The molecule has 0 radical (unpaired) electrons. The summed E-state index contributed by atoms with van der Waals surface area (Å²) in [6.07, 6.45) is 7.37. The van der Waals surface area contributed by atoms with E-state index in [0.717, 1.165) is 11.3 Å². The highest BCUT2D eigenvalue weighted by molar-refractivity contribution is 6.30. The van der Waals surface area contributed by atoms with Crippen LogP contribution in [0, 0.1) is 5.92 Å². The summed E-state index contributed by atoms with van der Waals surface area (Å²) in [6.45, 7) is 2.60. The van der Waals surface area contributed by atoms with E-state index < -0.39 is 0 Å². The zero-order chi connectivity index (χ0) is 15.7. The van der Waals surface area contributed by atoms with Gasteiger partial charge >= 0.3 is 11.9 Å². The molecular formula is C17H16ClN2O2+. The van der Waals surface area contributed by atoms with E-state index in [4.69, 9.17) is 11.6 Å². The van der Waals surface area contributed by atoms with Crippen molar-refractivity contribution in [3.63, 3.8) is 0 Å². The summed E-state index contributed by atoms with van der Waals surface area (Å²) >= 11 is 5.90. The molecule has 0 N–H and O–H groups in total. The average Bonchev–Trinajstić information content (AvgIpc) is 2.54. The van der Waals surface area contributed by atoms with Crippen LogP contribution in [0.15, 0.2) is 48.6 Å². The minimum absolute atomic E-state index is 0.157. The fraction of sp³-hybridized carbons (Fsp3) is 0.235. The van der Waals surface area contributed by atoms with Crippen molar-refractivity contribution in [1.82, 2.24) is 4.90 Å². The molecule has 1 unspecified atom stereocenters. The number of fused-ring (bicyclic) bond motifs is 1. The van der Waals surface area contributed by atoms with Gasteiger partial charge in [-0.25, -0.2) is 4.79 Å². The SMILES string of the molecule is CCN1C(=O)C2C=CC=CC2=[N+](Cc2ccc(Cl)cc2)C1=O. The van der Waals surface area contributed by atoms with Gasteiger partial charge in [0.2, 0.25) is 0 Å². The molecule has 0 spiro atoms. The topological polar surface area (TPSA) is 40.4 Å². The normalized spacial score (nSPS) is 20.6. The summed E-state index contributed by atoms with van der Waals surface area (Å²) < 4.78 is 1.67. The molecule has 5 heteroatoms. The number of carbonyl (C=O) groups excluding carboxylic acids is 2. The molecule has 1 aliphatic carbocycles. The Kier molecular flexibility index (Phi) is 3.94. The van der Waals surface area contributed by atoms with E-state index in [-0.39, 0.29) is 17.9 Å². The minimum Gasteiger partial charge on any atom is -0.245 e. The van der Waals surface area contributed by atoms with Crippen molar-refractivity contribution in [2.75, 3.05) is 6.54 Å². The summed E-state index contributed by atoms with van der Waals surface area (Å²) in [6, 6.07) is 7.11. The summed E-state index contributed by atoms with van der Waals surface area (Å²) in [7, 11) is 0. The number of hydrogen-bond donors (Lipinski definition) is 0. The van der Waals surface area contributed by atoms with Gasteiger partial charge in [0.15, 0.2) is 0 Å². The van der Waals surface area contributed by atoms with Crippen LogP contribution in [0.4, 0.5) is 4.79 Å². The molecule has 1 aromatic carbocycles. The van der Waals surface area contributed by atoms with E-state index in [1.165, 1.54) is 4.90 Å². The van der Waals surface area contributed by atoms with Crippen LogP contribution < -0.4 is 0 Å². The first-order valence-electron chi connectivity index (χ1n) is 7.21. The number of imide groups is 1. The van der Waals surface area contributed by atoms with Gasteiger partial charge in [0, 0.05) is 5.02 Å². The second kappa shape index (κ2) is 5.89. The molecule has 0 saturated carbocycles. The van der Waals surface area contributed by atoms with E-state index in [0.29, 0.717) is 18.1 Å². The van der Waals surface area contributed by atoms with Crippen molar-refractivity contribution in [3.05, 3.63) is 59.2 Å². The third-order valence-electron chi connectivity index (χ3n) is 3.88. The van der Waals surface area contributed by atoms with Crippen LogP contribution in [0.5, 0.6) is 0 Å². The van der Waals surface area contributed by atoms with Gasteiger partial charge in [0.25, 0.3) is 0 Å². The van der Waals surface area contributed by atoms with Crippen molar-refractivity contribution >= 4 is 29.3 Å². The van der Waals surface area contributed by atoms with Crippen LogP contribution in [-0.4, -0.2) is 33.7 Å². The maximum atomic E-state index is 12.6. The van der Waals surface area contributed by atoms with Gasteiger partial charge in [-0.1, -0.05) is 42.0 Å². The lowest BCUT2D eigenvalue weighted by Crippen LogP contribution is -2.53. The Bertz CT molecular complexity index is 717. The zero-order valence-electron chi connectivity index (χ0n) is 12.2. The van der Waals surface area contributed by atoms with Crippen molar-refractivity contribution < 1.29 is 14.2 Å². The van der Waals surface area contributed by atoms with Crippen LogP contribution in [0.1, 0.15) is 12.5 Å². The predicted octanol–water partition coefficient (Wildman–Crippen LogP) is 3.02. The molecule has 0 fully saturated rings. The van der Waals surface area contributed by atoms with Gasteiger partial charge in [0.05, 0.1) is 6.54 Å². The van der Waals surface area contributed by atoms with Gasteiger partial charge in [0.1, 0.15) is 18.2 Å². The molecule has 2 aliphatic rings. The number of benzene rings is 1. The zero-order valence-corrected chi connectivity index (χ0v) is 13.0. The Hall–Kier alpha value is -2.20. The highest BCUT2D eigenvalue weighted by Gasteiger charge is 2.45. The Morgan fingerprint density at radius 1 is 1.18 bits per heavy atom. The smallest absolute Gasteiger partial charge is 0.245 e. The van der Waals surface area contributed by atoms with Crippen molar-refractivity contribution in [2.24, 2.45) is 5.92 Å². The van der Waals surface area contributed by atoms with E-state index in [1.807, 2.05) is 43.4 Å². The van der Waals surface area contributed by atoms with Gasteiger partial charge < -0.3 is 0 Å². The molecule has 1 aromatic rings. The summed E-state index contributed by atoms with van der Waals surface area (Å²) in [5.74, 6) is -0.537. The Labute approximate surface area is 134 Å². The second-order valence-electron chi connectivity index (χ2n) is 5.22. The molecule has 22 heavy (non-hydrogen) atoms. The standard InChI is InChI=1S/C17H16ClN2O2/c1-2-19-16(21)14-5-3-4-6-15(14)20(17(19)22)11-12-7-9-13(18)10-8-12/h3-10,14H,2,11H2,1H3/q+1. The lowest BCUT2D eigenvalue weighted by atomic mass is 9.94. The van der Waals surface area contributed by atoms with Crippen molar-refractivity contribution in [2.45, 2.75) is 13.5 Å². The van der Waals surface area contributed by atoms with Gasteiger partial charge in [-0.3, -0.25) is 0 Å². The maximum Gasteiger partial charge on any atom is 0.501 e. The van der Waals surface area contributed by atoms with Crippen LogP contribution in [0.3, 0.4) is 0 Å². The van der Waals surface area contributed by atoms with Crippen molar-refractivity contribution in [3.8, 4) is 0 Å². The second-order valence-corrected chi connectivity index (χ2v) is 5.66. The highest BCUT2D eigenvalue weighted by Crippen LogP contribution is 2.21. The number of hydrogen-bond acceptors (Lipinski definition) is 2.